The lowest BCUT2D eigenvalue weighted by Crippen LogP contribution is -2.34. The maximum Gasteiger partial charge on any atom is 0.237 e. The Labute approximate surface area is 183 Å². The fourth-order valence-corrected chi connectivity index (χ4v) is 4.90. The van der Waals surface area contributed by atoms with E-state index >= 15 is 0 Å². The summed E-state index contributed by atoms with van der Waals surface area (Å²) in [6.45, 7) is 10.6. The van der Waals surface area contributed by atoms with Gasteiger partial charge in [-0.3, -0.25) is 9.36 Å². The van der Waals surface area contributed by atoms with Gasteiger partial charge in [0.05, 0.1) is 5.25 Å². The lowest BCUT2D eigenvalue weighted by Gasteiger charge is -2.31. The van der Waals surface area contributed by atoms with E-state index in [0.29, 0.717) is 12.0 Å². The number of para-hydroxylation sites is 1. The van der Waals surface area contributed by atoms with Crippen molar-refractivity contribution >= 4 is 29.3 Å². The quantitative estimate of drug-likeness (QED) is 0.624. The molecule has 6 nitrogen and oxygen atoms in total. The van der Waals surface area contributed by atoms with E-state index in [1.165, 1.54) is 37.4 Å². The third kappa shape index (κ3) is 4.66. The second-order valence-electron chi connectivity index (χ2n) is 9.04. The van der Waals surface area contributed by atoms with Crippen LogP contribution >= 0.6 is 11.8 Å². The van der Waals surface area contributed by atoms with Gasteiger partial charge >= 0.3 is 0 Å². The minimum absolute atomic E-state index is 0.00629. The van der Waals surface area contributed by atoms with Gasteiger partial charge in [0.1, 0.15) is 0 Å². The second-order valence-corrected chi connectivity index (χ2v) is 10.4. The van der Waals surface area contributed by atoms with E-state index in [2.05, 4.69) is 51.8 Å². The molecule has 162 valence electrons. The molecule has 0 spiro atoms. The molecule has 7 heteroatoms. The smallest absolute Gasteiger partial charge is 0.237 e. The van der Waals surface area contributed by atoms with Crippen molar-refractivity contribution in [3.63, 3.8) is 0 Å². The van der Waals surface area contributed by atoms with Crippen molar-refractivity contribution in [3.8, 4) is 0 Å². The van der Waals surface area contributed by atoms with Crippen LogP contribution in [0.3, 0.4) is 0 Å². The number of carbonyl (C=O) groups is 1. The number of anilines is 2. The highest BCUT2D eigenvalue weighted by molar-refractivity contribution is 8.00. The number of hydrogen-bond acceptors (Lipinski definition) is 5. The summed E-state index contributed by atoms with van der Waals surface area (Å²) in [5.74, 6) is 2.14. The van der Waals surface area contributed by atoms with Crippen molar-refractivity contribution in [2.75, 3.05) is 23.3 Å². The molecular formula is C23H33N5OS. The Morgan fingerprint density at radius 2 is 1.80 bits per heavy atom. The highest BCUT2D eigenvalue weighted by Crippen LogP contribution is 2.42. The average Bonchev–Trinajstić information content (AvgIpc) is 3.49. The summed E-state index contributed by atoms with van der Waals surface area (Å²) in [5.41, 5.74) is 2.06. The van der Waals surface area contributed by atoms with Crippen molar-refractivity contribution in [1.29, 1.82) is 0 Å². The predicted octanol–water partition coefficient (Wildman–Crippen LogP) is 5.09. The van der Waals surface area contributed by atoms with Gasteiger partial charge in [0.25, 0.3) is 0 Å². The molecule has 0 bridgehead atoms. The van der Waals surface area contributed by atoms with E-state index in [4.69, 9.17) is 0 Å². The zero-order valence-electron chi connectivity index (χ0n) is 18.5. The molecule has 2 heterocycles. The van der Waals surface area contributed by atoms with Gasteiger partial charge in [-0.15, -0.1) is 10.2 Å². The van der Waals surface area contributed by atoms with Crippen molar-refractivity contribution in [2.45, 2.75) is 75.7 Å². The molecule has 1 aliphatic carbocycles. The van der Waals surface area contributed by atoms with E-state index in [9.17, 15) is 4.79 Å². The number of nitrogens with zero attached hydrogens (tertiary/aromatic N) is 4. The van der Waals surface area contributed by atoms with Crippen LogP contribution in [-0.4, -0.2) is 39.0 Å². The Morgan fingerprint density at radius 1 is 1.10 bits per heavy atom. The largest absolute Gasteiger partial charge is 0.341 e. The predicted molar refractivity (Wildman–Crippen MR) is 123 cm³/mol. The van der Waals surface area contributed by atoms with Crippen molar-refractivity contribution in [3.05, 3.63) is 29.8 Å². The molecule has 2 aliphatic rings. The van der Waals surface area contributed by atoms with E-state index in [1.807, 2.05) is 25.1 Å². The van der Waals surface area contributed by atoms with Crippen molar-refractivity contribution in [1.82, 2.24) is 14.8 Å². The molecule has 1 N–H and O–H groups in total. The summed E-state index contributed by atoms with van der Waals surface area (Å²) >= 11 is 1.52. The first-order valence-corrected chi connectivity index (χ1v) is 12.1. The van der Waals surface area contributed by atoms with Gasteiger partial charge in [-0.2, -0.15) is 0 Å². The van der Waals surface area contributed by atoms with Gasteiger partial charge in [0.2, 0.25) is 11.9 Å². The summed E-state index contributed by atoms with van der Waals surface area (Å²) in [4.78, 5) is 15.3. The highest BCUT2D eigenvalue weighted by Gasteiger charge is 2.33. The van der Waals surface area contributed by atoms with Gasteiger partial charge in [0, 0.05) is 24.8 Å². The molecule has 1 aromatic heterocycles. The number of hydrogen-bond donors (Lipinski definition) is 1. The van der Waals surface area contributed by atoms with Crippen LogP contribution in [0, 0.1) is 5.92 Å². The van der Waals surface area contributed by atoms with Gasteiger partial charge in [0.15, 0.2) is 5.16 Å². The third-order valence-corrected chi connectivity index (χ3v) is 7.17. The second kappa shape index (κ2) is 9.00. The number of piperidine rings is 1. The highest BCUT2D eigenvalue weighted by atomic mass is 32.2. The minimum Gasteiger partial charge on any atom is -0.341 e. The normalized spacial score (nSPS) is 18.6. The lowest BCUT2D eigenvalue weighted by atomic mass is 10.00. The lowest BCUT2D eigenvalue weighted by molar-refractivity contribution is -0.115. The van der Waals surface area contributed by atoms with Crippen LogP contribution in [0.15, 0.2) is 29.4 Å². The Kier molecular flexibility index (Phi) is 6.37. The minimum atomic E-state index is -0.249. The molecule has 2 fully saturated rings. The molecule has 1 atom stereocenters. The fraction of sp³-hybridized carbons (Fsp3) is 0.609. The Bertz CT molecular complexity index is 883. The number of carbonyl (C=O) groups excluding carboxylic acids is 1. The van der Waals surface area contributed by atoms with E-state index in [-0.39, 0.29) is 11.2 Å². The molecule has 30 heavy (non-hydrogen) atoms. The number of aromatic nitrogens is 3. The zero-order chi connectivity index (χ0) is 21.3. The molecule has 1 aromatic carbocycles. The Morgan fingerprint density at radius 3 is 2.47 bits per heavy atom. The number of benzene rings is 1. The number of nitrogens with one attached hydrogen (secondary N) is 1. The first kappa shape index (κ1) is 21.2. The van der Waals surface area contributed by atoms with Crippen LogP contribution in [0.1, 0.15) is 70.9 Å². The SMILES string of the molecule is CC1CCN(c2nnc(SC(C)C(=O)Nc3ccccc3C(C)C)n2C2CC2)CC1. The zero-order valence-corrected chi connectivity index (χ0v) is 19.3. The van der Waals surface area contributed by atoms with Crippen LogP contribution in [0.2, 0.25) is 0 Å². The van der Waals surface area contributed by atoms with Gasteiger partial charge in [-0.05, 0) is 56.1 Å². The molecule has 2 aromatic rings. The Balaban J connectivity index is 1.47. The van der Waals surface area contributed by atoms with Crippen LogP contribution in [0.25, 0.3) is 0 Å². The van der Waals surface area contributed by atoms with Gasteiger partial charge < -0.3 is 10.2 Å². The van der Waals surface area contributed by atoms with Crippen LogP contribution in [0.5, 0.6) is 0 Å². The maximum atomic E-state index is 12.9. The molecule has 1 amide bonds. The summed E-state index contributed by atoms with van der Waals surface area (Å²) in [6.07, 6.45) is 4.75. The molecule has 4 rings (SSSR count). The first-order valence-electron chi connectivity index (χ1n) is 11.2. The molecule has 1 saturated heterocycles. The number of amides is 1. The van der Waals surface area contributed by atoms with Crippen molar-refractivity contribution < 1.29 is 4.79 Å². The summed E-state index contributed by atoms with van der Waals surface area (Å²) in [7, 11) is 0. The van der Waals surface area contributed by atoms with E-state index < -0.39 is 0 Å². The molecule has 0 radical (unpaired) electrons. The van der Waals surface area contributed by atoms with Crippen LogP contribution in [0.4, 0.5) is 11.6 Å². The first-order chi connectivity index (χ1) is 14.4. The topological polar surface area (TPSA) is 63.1 Å². The monoisotopic (exact) mass is 427 g/mol. The molecule has 1 unspecified atom stereocenters. The average molecular weight is 428 g/mol. The van der Waals surface area contributed by atoms with Gasteiger partial charge in [-0.1, -0.05) is 50.7 Å². The summed E-state index contributed by atoms with van der Waals surface area (Å²) in [6, 6.07) is 8.52. The number of rotatable bonds is 7. The van der Waals surface area contributed by atoms with Crippen molar-refractivity contribution in [2.24, 2.45) is 5.92 Å². The van der Waals surface area contributed by atoms with Crippen LogP contribution < -0.4 is 10.2 Å². The summed E-state index contributed by atoms with van der Waals surface area (Å²) < 4.78 is 2.28. The summed E-state index contributed by atoms with van der Waals surface area (Å²) in [5, 5.41) is 12.8. The van der Waals surface area contributed by atoms with Crippen LogP contribution in [-0.2, 0) is 4.79 Å². The van der Waals surface area contributed by atoms with E-state index in [0.717, 1.165) is 41.4 Å². The number of thioether (sulfide) groups is 1. The molecule has 1 aliphatic heterocycles. The standard InChI is InChI=1S/C23H33N5OS/c1-15(2)19-7-5-6-8-20(19)24-21(29)17(4)30-23-26-25-22(28(23)18-9-10-18)27-13-11-16(3)12-14-27/h5-8,15-18H,9-14H2,1-4H3,(H,24,29). The molecular weight excluding hydrogens is 394 g/mol. The fourth-order valence-electron chi connectivity index (χ4n) is 3.99. The molecule has 1 saturated carbocycles. The third-order valence-electron chi connectivity index (χ3n) is 6.12. The maximum absolute atomic E-state index is 12.9. The Hall–Kier alpha value is -2.02. The van der Waals surface area contributed by atoms with E-state index in [1.54, 1.807) is 0 Å². The van der Waals surface area contributed by atoms with Gasteiger partial charge in [-0.25, -0.2) is 0 Å².